The summed E-state index contributed by atoms with van der Waals surface area (Å²) in [4.78, 5) is 4.65. The normalized spacial score (nSPS) is 11.6. The molecule has 136 valence electrons. The van der Waals surface area contributed by atoms with Crippen LogP contribution < -0.4 is 9.47 Å². The van der Waals surface area contributed by atoms with Crippen LogP contribution in [0.2, 0.25) is 0 Å². The number of nitrogens with zero attached hydrogens (tertiary/aromatic N) is 4. The first-order chi connectivity index (χ1) is 12.6. The fourth-order valence-corrected chi connectivity index (χ4v) is 2.65. The van der Waals surface area contributed by atoms with E-state index in [0.717, 1.165) is 16.9 Å². The summed E-state index contributed by atoms with van der Waals surface area (Å²) < 4.78 is 12.4. The Morgan fingerprint density at radius 1 is 1.12 bits per heavy atom. The van der Waals surface area contributed by atoms with Crippen molar-refractivity contribution in [3.63, 3.8) is 0 Å². The van der Waals surface area contributed by atoms with Gasteiger partial charge in [0, 0.05) is 12.3 Å². The van der Waals surface area contributed by atoms with E-state index in [2.05, 4.69) is 29.1 Å². The lowest BCUT2D eigenvalue weighted by Crippen LogP contribution is -1.89. The lowest BCUT2D eigenvalue weighted by molar-refractivity contribution is 0.282. The molecule has 0 amide bonds. The second-order valence-electron chi connectivity index (χ2n) is 6.13. The summed E-state index contributed by atoms with van der Waals surface area (Å²) in [6, 6.07) is 9.05. The number of aromatic nitrogens is 2. The topological polar surface area (TPSA) is 80.7 Å². The maximum Gasteiger partial charge on any atom is 0.183 e. The van der Waals surface area contributed by atoms with Crippen LogP contribution in [0.5, 0.6) is 11.5 Å². The SMILES string of the molecule is COc1ccc(N=Nc2c(C(C)C)nc3cc(CO)ccn23)c(OC)c1. The highest BCUT2D eigenvalue weighted by atomic mass is 16.5. The third-order valence-corrected chi connectivity index (χ3v) is 4.06. The molecule has 0 aliphatic carbocycles. The molecule has 0 fully saturated rings. The first-order valence-corrected chi connectivity index (χ1v) is 8.33. The average Bonchev–Trinajstić information content (AvgIpc) is 3.04. The molecule has 0 atom stereocenters. The molecule has 0 aliphatic rings. The smallest absolute Gasteiger partial charge is 0.183 e. The third-order valence-electron chi connectivity index (χ3n) is 4.06. The van der Waals surface area contributed by atoms with E-state index < -0.39 is 0 Å². The lowest BCUT2D eigenvalue weighted by Gasteiger charge is -2.06. The van der Waals surface area contributed by atoms with Crippen molar-refractivity contribution < 1.29 is 14.6 Å². The van der Waals surface area contributed by atoms with Crippen molar-refractivity contribution >= 4 is 17.2 Å². The highest BCUT2D eigenvalue weighted by molar-refractivity contribution is 5.57. The quantitative estimate of drug-likeness (QED) is 0.666. The van der Waals surface area contributed by atoms with Crippen molar-refractivity contribution in [2.45, 2.75) is 26.4 Å². The molecule has 0 bridgehead atoms. The molecule has 2 heterocycles. The van der Waals surface area contributed by atoms with Gasteiger partial charge in [-0.05, 0) is 35.7 Å². The number of aliphatic hydroxyl groups is 1. The monoisotopic (exact) mass is 354 g/mol. The van der Waals surface area contributed by atoms with Crippen molar-refractivity contribution in [1.29, 1.82) is 0 Å². The van der Waals surface area contributed by atoms with Crippen LogP contribution >= 0.6 is 0 Å². The minimum absolute atomic E-state index is 0.0275. The number of azo groups is 1. The first-order valence-electron chi connectivity index (χ1n) is 8.33. The Labute approximate surface area is 151 Å². The van der Waals surface area contributed by atoms with Gasteiger partial charge in [-0.1, -0.05) is 13.8 Å². The zero-order valence-corrected chi connectivity index (χ0v) is 15.3. The second-order valence-corrected chi connectivity index (χ2v) is 6.13. The number of hydrogen-bond donors (Lipinski definition) is 1. The van der Waals surface area contributed by atoms with Gasteiger partial charge in [-0.3, -0.25) is 4.40 Å². The van der Waals surface area contributed by atoms with E-state index >= 15 is 0 Å². The van der Waals surface area contributed by atoms with E-state index in [1.165, 1.54) is 0 Å². The fraction of sp³-hybridized carbons (Fsp3) is 0.316. The average molecular weight is 354 g/mol. The van der Waals surface area contributed by atoms with Crippen molar-refractivity contribution in [3.05, 3.63) is 47.8 Å². The molecule has 1 aromatic carbocycles. The molecular weight excluding hydrogens is 332 g/mol. The molecule has 3 rings (SSSR count). The summed E-state index contributed by atoms with van der Waals surface area (Å²) in [5, 5.41) is 18.1. The van der Waals surface area contributed by atoms with E-state index in [4.69, 9.17) is 9.47 Å². The molecule has 0 radical (unpaired) electrons. The number of methoxy groups -OCH3 is 2. The number of ether oxygens (including phenoxy) is 2. The van der Waals surface area contributed by atoms with Gasteiger partial charge in [0.05, 0.1) is 26.5 Å². The highest BCUT2D eigenvalue weighted by Crippen LogP contribution is 2.34. The Morgan fingerprint density at radius 3 is 2.58 bits per heavy atom. The van der Waals surface area contributed by atoms with Crippen LogP contribution in [-0.4, -0.2) is 28.7 Å². The van der Waals surface area contributed by atoms with Gasteiger partial charge in [-0.25, -0.2) is 4.98 Å². The summed E-state index contributed by atoms with van der Waals surface area (Å²) in [5.74, 6) is 2.11. The minimum atomic E-state index is -0.0275. The van der Waals surface area contributed by atoms with Crippen molar-refractivity contribution in [2.24, 2.45) is 10.2 Å². The Balaban J connectivity index is 2.07. The van der Waals surface area contributed by atoms with Crippen molar-refractivity contribution in [2.75, 3.05) is 14.2 Å². The van der Waals surface area contributed by atoms with E-state index in [1.807, 2.05) is 28.8 Å². The molecule has 3 aromatic rings. The Hall–Kier alpha value is -2.93. The molecule has 2 aromatic heterocycles. The summed E-state index contributed by atoms with van der Waals surface area (Å²) in [7, 11) is 3.18. The van der Waals surface area contributed by atoms with Crippen LogP contribution in [0.4, 0.5) is 11.5 Å². The predicted octanol–water partition coefficient (Wildman–Crippen LogP) is 4.38. The van der Waals surface area contributed by atoms with E-state index in [0.29, 0.717) is 23.0 Å². The van der Waals surface area contributed by atoms with Gasteiger partial charge < -0.3 is 14.6 Å². The van der Waals surface area contributed by atoms with Crippen LogP contribution in [-0.2, 0) is 6.61 Å². The van der Waals surface area contributed by atoms with Crippen molar-refractivity contribution in [3.8, 4) is 11.5 Å². The Bertz CT molecular complexity index is 947. The molecular formula is C19H22N4O3. The second kappa shape index (κ2) is 7.53. The van der Waals surface area contributed by atoms with E-state index in [1.54, 1.807) is 26.4 Å². The maximum absolute atomic E-state index is 9.33. The van der Waals surface area contributed by atoms with Gasteiger partial charge in [-0.15, -0.1) is 10.2 Å². The lowest BCUT2D eigenvalue weighted by atomic mass is 10.1. The highest BCUT2D eigenvalue weighted by Gasteiger charge is 2.15. The standard InChI is InChI=1S/C19H22N4O3/c1-12(2)18-19(23-8-7-13(11-24)9-17(23)20-18)22-21-15-6-5-14(25-3)10-16(15)26-4/h5-10,12,24H,11H2,1-4H3. The maximum atomic E-state index is 9.33. The first kappa shape index (κ1) is 17.9. The molecule has 26 heavy (non-hydrogen) atoms. The molecule has 7 nitrogen and oxygen atoms in total. The van der Waals surface area contributed by atoms with Crippen LogP contribution in [0, 0.1) is 0 Å². The fourth-order valence-electron chi connectivity index (χ4n) is 2.65. The number of rotatable bonds is 6. The van der Waals surface area contributed by atoms with Gasteiger partial charge in [0.25, 0.3) is 0 Å². The van der Waals surface area contributed by atoms with Gasteiger partial charge in [0.1, 0.15) is 22.8 Å². The molecule has 0 saturated carbocycles. The number of pyridine rings is 1. The molecule has 0 aliphatic heterocycles. The molecule has 0 unspecified atom stereocenters. The zero-order chi connectivity index (χ0) is 18.7. The number of hydrogen-bond acceptors (Lipinski definition) is 6. The van der Waals surface area contributed by atoms with Gasteiger partial charge in [0.2, 0.25) is 0 Å². The van der Waals surface area contributed by atoms with Gasteiger partial charge >= 0.3 is 0 Å². The van der Waals surface area contributed by atoms with Crippen molar-refractivity contribution in [1.82, 2.24) is 9.38 Å². The summed E-state index contributed by atoms with van der Waals surface area (Å²) in [6.07, 6.45) is 1.85. The van der Waals surface area contributed by atoms with Gasteiger partial charge in [0.15, 0.2) is 5.82 Å². The summed E-state index contributed by atoms with van der Waals surface area (Å²) in [6.45, 7) is 4.09. The predicted molar refractivity (Wildman–Crippen MR) is 98.9 cm³/mol. The van der Waals surface area contributed by atoms with Crippen LogP contribution in [0.3, 0.4) is 0 Å². The Morgan fingerprint density at radius 2 is 1.92 bits per heavy atom. The van der Waals surface area contributed by atoms with Crippen LogP contribution in [0.1, 0.15) is 31.0 Å². The largest absolute Gasteiger partial charge is 0.497 e. The van der Waals surface area contributed by atoms with Crippen LogP contribution in [0.15, 0.2) is 46.8 Å². The minimum Gasteiger partial charge on any atom is -0.497 e. The molecule has 0 spiro atoms. The Kier molecular flexibility index (Phi) is 5.18. The van der Waals surface area contributed by atoms with E-state index in [9.17, 15) is 5.11 Å². The number of fused-ring (bicyclic) bond motifs is 1. The molecule has 1 N–H and O–H groups in total. The number of benzene rings is 1. The molecule has 7 heteroatoms. The number of aliphatic hydroxyl groups excluding tert-OH is 1. The molecule has 0 saturated heterocycles. The van der Waals surface area contributed by atoms with Crippen LogP contribution in [0.25, 0.3) is 5.65 Å². The number of imidazole rings is 1. The zero-order valence-electron chi connectivity index (χ0n) is 15.3. The summed E-state index contributed by atoms with van der Waals surface area (Å²) in [5.41, 5.74) is 2.98. The summed E-state index contributed by atoms with van der Waals surface area (Å²) >= 11 is 0. The van der Waals surface area contributed by atoms with E-state index in [-0.39, 0.29) is 12.5 Å². The van der Waals surface area contributed by atoms with Gasteiger partial charge in [-0.2, -0.15) is 0 Å². The third kappa shape index (κ3) is 3.39.